The average molecular weight is 355 g/mol. The van der Waals surface area contributed by atoms with Gasteiger partial charge in [-0.15, -0.1) is 12.4 Å². The summed E-state index contributed by atoms with van der Waals surface area (Å²) >= 11 is 0. The number of rotatable bonds is 16. The molecule has 0 aromatic carbocycles. The molecule has 3 nitrogen and oxygen atoms in total. The summed E-state index contributed by atoms with van der Waals surface area (Å²) in [7, 11) is -2.38. The molecule has 136 valence electrons. The van der Waals surface area contributed by atoms with E-state index >= 15 is 0 Å². The van der Waals surface area contributed by atoms with Crippen LogP contribution in [-0.2, 0) is 13.3 Å². The van der Waals surface area contributed by atoms with Crippen LogP contribution < -0.4 is 0 Å². The lowest BCUT2D eigenvalue weighted by atomic mass is 10.1. The van der Waals surface area contributed by atoms with Gasteiger partial charge in [-0.25, -0.2) is 0 Å². The van der Waals surface area contributed by atoms with Gasteiger partial charge in [0.15, 0.2) is 0 Å². The van der Waals surface area contributed by atoms with Gasteiger partial charge in [-0.1, -0.05) is 58.3 Å². The molecule has 0 saturated heterocycles. The molecule has 0 aliphatic rings. The van der Waals surface area contributed by atoms with Gasteiger partial charge in [-0.05, 0) is 27.2 Å². The van der Waals surface area contributed by atoms with E-state index in [2.05, 4.69) is 6.92 Å². The van der Waals surface area contributed by atoms with Crippen molar-refractivity contribution in [3.8, 4) is 0 Å². The number of hydrogen-bond donors (Lipinski definition) is 0. The van der Waals surface area contributed by atoms with E-state index in [0.29, 0.717) is 19.8 Å². The predicted octanol–water partition coefficient (Wildman–Crippen LogP) is 5.99. The smallest absolute Gasteiger partial charge is 0.374 e. The first-order chi connectivity index (χ1) is 10.2. The maximum absolute atomic E-state index is 5.88. The molecule has 0 fully saturated rings. The molecule has 0 atom stereocenters. The fourth-order valence-corrected chi connectivity index (χ4v) is 5.34. The fraction of sp³-hybridized carbons (Fsp3) is 1.00. The van der Waals surface area contributed by atoms with Crippen molar-refractivity contribution in [2.24, 2.45) is 0 Å². The summed E-state index contributed by atoms with van der Waals surface area (Å²) in [4.78, 5) is 0. The van der Waals surface area contributed by atoms with E-state index in [-0.39, 0.29) is 12.4 Å². The topological polar surface area (TPSA) is 27.7 Å². The quantitative estimate of drug-likeness (QED) is 0.252. The van der Waals surface area contributed by atoms with Crippen molar-refractivity contribution < 1.29 is 13.3 Å². The van der Waals surface area contributed by atoms with E-state index in [1.54, 1.807) is 0 Å². The van der Waals surface area contributed by atoms with E-state index in [1.165, 1.54) is 57.8 Å². The molecule has 0 rings (SSSR count). The minimum Gasteiger partial charge on any atom is -0.374 e. The first-order valence-electron chi connectivity index (χ1n) is 9.16. The van der Waals surface area contributed by atoms with Crippen LogP contribution in [0.15, 0.2) is 0 Å². The van der Waals surface area contributed by atoms with Gasteiger partial charge in [-0.2, -0.15) is 0 Å². The van der Waals surface area contributed by atoms with Gasteiger partial charge < -0.3 is 13.3 Å². The molecule has 0 saturated carbocycles. The molecular weight excluding hydrogens is 316 g/mol. The van der Waals surface area contributed by atoms with Gasteiger partial charge in [0.1, 0.15) is 0 Å². The highest BCUT2D eigenvalue weighted by molar-refractivity contribution is 6.60. The van der Waals surface area contributed by atoms with Gasteiger partial charge >= 0.3 is 8.80 Å². The number of unbranched alkanes of at least 4 members (excludes halogenated alkanes) is 8. The molecule has 0 aliphatic carbocycles. The van der Waals surface area contributed by atoms with Crippen LogP contribution in [0.1, 0.15) is 85.5 Å². The second-order valence-electron chi connectivity index (χ2n) is 5.56. The Morgan fingerprint density at radius 2 is 0.909 bits per heavy atom. The lowest BCUT2D eigenvalue weighted by Gasteiger charge is -2.28. The van der Waals surface area contributed by atoms with Gasteiger partial charge in [0.05, 0.1) is 0 Å². The van der Waals surface area contributed by atoms with Gasteiger partial charge in [0, 0.05) is 25.9 Å². The maximum atomic E-state index is 5.88. The Labute approximate surface area is 146 Å². The molecule has 0 aromatic heterocycles. The molecule has 0 aromatic rings. The zero-order valence-corrected chi connectivity index (χ0v) is 17.1. The first-order valence-corrected chi connectivity index (χ1v) is 11.1. The lowest BCUT2D eigenvalue weighted by molar-refractivity contribution is 0.0706. The molecule has 22 heavy (non-hydrogen) atoms. The minimum atomic E-state index is -2.38. The third-order valence-electron chi connectivity index (χ3n) is 3.68. The monoisotopic (exact) mass is 354 g/mol. The summed E-state index contributed by atoms with van der Waals surface area (Å²) in [5.74, 6) is 0. The highest BCUT2D eigenvalue weighted by Crippen LogP contribution is 2.20. The summed E-state index contributed by atoms with van der Waals surface area (Å²) in [6.45, 7) is 10.4. The molecule has 0 amide bonds. The Balaban J connectivity index is 0. The van der Waals surface area contributed by atoms with Gasteiger partial charge in [-0.3, -0.25) is 0 Å². The second-order valence-corrected chi connectivity index (χ2v) is 8.29. The Morgan fingerprint density at radius 1 is 0.545 bits per heavy atom. The number of halogens is 1. The Bertz CT molecular complexity index is 201. The summed E-state index contributed by atoms with van der Waals surface area (Å²) in [5.41, 5.74) is 0. The van der Waals surface area contributed by atoms with Gasteiger partial charge in [0.25, 0.3) is 0 Å². The van der Waals surface area contributed by atoms with Crippen LogP contribution in [0.25, 0.3) is 0 Å². The zero-order chi connectivity index (χ0) is 15.8. The fourth-order valence-electron chi connectivity index (χ4n) is 2.65. The van der Waals surface area contributed by atoms with E-state index in [0.717, 1.165) is 6.04 Å². The normalized spacial score (nSPS) is 11.5. The van der Waals surface area contributed by atoms with Crippen LogP contribution in [0.3, 0.4) is 0 Å². The molecule has 0 heterocycles. The van der Waals surface area contributed by atoms with Crippen molar-refractivity contribution in [2.75, 3.05) is 19.8 Å². The van der Waals surface area contributed by atoms with Crippen molar-refractivity contribution in [3.63, 3.8) is 0 Å². The van der Waals surface area contributed by atoms with Crippen molar-refractivity contribution in [1.82, 2.24) is 0 Å². The molecule has 0 radical (unpaired) electrons. The highest BCUT2D eigenvalue weighted by atomic mass is 35.5. The molecule has 0 N–H and O–H groups in total. The molecule has 0 bridgehead atoms. The SMILES string of the molecule is CCCCCCCCCCC[Si](OCC)(OCC)OCC.Cl. The average Bonchev–Trinajstić information content (AvgIpc) is 2.46. The van der Waals surface area contributed by atoms with E-state index in [9.17, 15) is 0 Å². The largest absolute Gasteiger partial charge is 0.500 e. The van der Waals surface area contributed by atoms with Crippen LogP contribution in [0.5, 0.6) is 0 Å². The third kappa shape index (κ3) is 12.9. The number of hydrogen-bond acceptors (Lipinski definition) is 3. The second kappa shape index (κ2) is 17.7. The first kappa shape index (κ1) is 24.6. The molecular formula is C17H39ClO3Si. The summed E-state index contributed by atoms with van der Waals surface area (Å²) in [6.07, 6.45) is 12.1. The highest BCUT2D eigenvalue weighted by Gasteiger charge is 2.39. The van der Waals surface area contributed by atoms with Gasteiger partial charge in [0.2, 0.25) is 0 Å². The third-order valence-corrected chi connectivity index (χ3v) is 6.83. The van der Waals surface area contributed by atoms with Crippen LogP contribution in [0.2, 0.25) is 6.04 Å². The van der Waals surface area contributed by atoms with Crippen molar-refractivity contribution >= 4 is 21.2 Å². The Hall–Kier alpha value is 0.387. The van der Waals surface area contributed by atoms with E-state index < -0.39 is 8.80 Å². The van der Waals surface area contributed by atoms with Crippen LogP contribution >= 0.6 is 12.4 Å². The Kier molecular flexibility index (Phi) is 19.9. The summed E-state index contributed by atoms with van der Waals surface area (Å²) in [6, 6.07) is 0.971. The van der Waals surface area contributed by atoms with Crippen molar-refractivity contribution in [2.45, 2.75) is 91.5 Å². The van der Waals surface area contributed by atoms with E-state index in [1.807, 2.05) is 20.8 Å². The van der Waals surface area contributed by atoms with Crippen molar-refractivity contribution in [1.29, 1.82) is 0 Å². The van der Waals surface area contributed by atoms with E-state index in [4.69, 9.17) is 13.3 Å². The predicted molar refractivity (Wildman–Crippen MR) is 99.9 cm³/mol. The molecule has 0 spiro atoms. The Morgan fingerprint density at radius 3 is 1.27 bits per heavy atom. The van der Waals surface area contributed by atoms with Crippen molar-refractivity contribution in [3.05, 3.63) is 0 Å². The summed E-state index contributed by atoms with van der Waals surface area (Å²) in [5, 5.41) is 0. The van der Waals surface area contributed by atoms with Crippen LogP contribution in [0, 0.1) is 0 Å². The molecule has 0 aliphatic heterocycles. The van der Waals surface area contributed by atoms with Crippen LogP contribution in [0.4, 0.5) is 0 Å². The maximum Gasteiger partial charge on any atom is 0.500 e. The zero-order valence-electron chi connectivity index (χ0n) is 15.3. The van der Waals surface area contributed by atoms with Crippen LogP contribution in [-0.4, -0.2) is 28.6 Å². The standard InChI is InChI=1S/C17H38O3Si.ClH/c1-5-9-10-11-12-13-14-15-16-17-21(18-6-2,19-7-3)20-8-4;/h5-17H2,1-4H3;1H. The summed E-state index contributed by atoms with van der Waals surface area (Å²) < 4.78 is 17.6. The molecule has 5 heteroatoms. The minimum absolute atomic E-state index is 0. The molecule has 0 unspecified atom stereocenters. The lowest BCUT2D eigenvalue weighted by Crippen LogP contribution is -2.45.